The average molecular weight is 256 g/mol. The average Bonchev–Trinajstić information content (AvgIpc) is 2.46. The lowest BCUT2D eigenvalue weighted by molar-refractivity contribution is 0.101. The largest absolute Gasteiger partial charge is 0.388 e. The third kappa shape index (κ3) is 3.16. The molecular formula is C18H24O. The summed E-state index contributed by atoms with van der Waals surface area (Å²) in [5, 5.41) is 12.9. The van der Waals surface area contributed by atoms with Gasteiger partial charge >= 0.3 is 0 Å². The molecule has 0 fully saturated rings. The van der Waals surface area contributed by atoms with Crippen LogP contribution in [0.1, 0.15) is 51.7 Å². The van der Waals surface area contributed by atoms with E-state index < -0.39 is 0 Å². The molecule has 0 aliphatic heterocycles. The molecule has 1 atom stereocenters. The summed E-state index contributed by atoms with van der Waals surface area (Å²) in [6.07, 6.45) is 2.68. The molecule has 0 bridgehead atoms. The van der Waals surface area contributed by atoms with Crippen molar-refractivity contribution in [3.63, 3.8) is 0 Å². The minimum Gasteiger partial charge on any atom is -0.388 e. The number of hydrogen-bond acceptors (Lipinski definition) is 1. The van der Waals surface area contributed by atoms with Crippen molar-refractivity contribution in [3.05, 3.63) is 48.0 Å². The highest BCUT2D eigenvalue weighted by molar-refractivity contribution is 5.83. The van der Waals surface area contributed by atoms with Gasteiger partial charge in [-0.25, -0.2) is 0 Å². The minimum absolute atomic E-state index is 0.227. The lowest BCUT2D eigenvalue weighted by Gasteiger charge is -2.29. The first-order chi connectivity index (χ1) is 9.08. The Hall–Kier alpha value is -1.34. The number of aliphatic hydroxyl groups excluding tert-OH is 1. The van der Waals surface area contributed by atoms with Gasteiger partial charge in [-0.05, 0) is 34.2 Å². The maximum absolute atomic E-state index is 10.5. The predicted octanol–water partition coefficient (Wildman–Crippen LogP) is 5.09. The molecule has 1 unspecified atom stereocenters. The van der Waals surface area contributed by atoms with Crippen LogP contribution < -0.4 is 0 Å². The summed E-state index contributed by atoms with van der Waals surface area (Å²) in [5.74, 6) is 0. The Kier molecular flexibility index (Phi) is 4.26. The Labute approximate surface area is 116 Å². The first-order valence-electron chi connectivity index (χ1n) is 7.25. The van der Waals surface area contributed by atoms with Crippen LogP contribution in [0.3, 0.4) is 0 Å². The normalized spacial score (nSPS) is 13.7. The molecule has 0 amide bonds. The molecule has 0 radical (unpaired) electrons. The second kappa shape index (κ2) is 5.75. The van der Waals surface area contributed by atoms with E-state index in [-0.39, 0.29) is 11.5 Å². The Bertz CT molecular complexity index is 540. The molecule has 2 aromatic rings. The molecule has 2 aromatic carbocycles. The number of benzene rings is 2. The lowest BCUT2D eigenvalue weighted by Crippen LogP contribution is -2.18. The van der Waals surface area contributed by atoms with Gasteiger partial charge in [0.15, 0.2) is 0 Å². The fourth-order valence-electron chi connectivity index (χ4n) is 2.54. The summed E-state index contributed by atoms with van der Waals surface area (Å²) in [4.78, 5) is 0. The molecule has 0 heterocycles. The molecule has 0 aliphatic carbocycles. The van der Waals surface area contributed by atoms with E-state index >= 15 is 0 Å². The second-order valence-corrected chi connectivity index (χ2v) is 5.84. The van der Waals surface area contributed by atoms with Gasteiger partial charge in [-0.1, -0.05) is 70.0 Å². The number of rotatable bonds is 5. The monoisotopic (exact) mass is 256 g/mol. The van der Waals surface area contributed by atoms with Crippen molar-refractivity contribution in [2.45, 2.75) is 46.1 Å². The zero-order chi connectivity index (χ0) is 13.9. The van der Waals surface area contributed by atoms with E-state index in [4.69, 9.17) is 0 Å². The van der Waals surface area contributed by atoms with E-state index in [1.54, 1.807) is 0 Å². The van der Waals surface area contributed by atoms with E-state index in [0.717, 1.165) is 24.8 Å². The molecule has 0 saturated carbocycles. The molecule has 0 aliphatic rings. The molecule has 1 nitrogen and oxygen atoms in total. The number of hydrogen-bond donors (Lipinski definition) is 1. The summed E-state index contributed by atoms with van der Waals surface area (Å²) < 4.78 is 0. The summed E-state index contributed by atoms with van der Waals surface area (Å²) in [5.41, 5.74) is 1.26. The van der Waals surface area contributed by atoms with Crippen molar-refractivity contribution in [2.75, 3.05) is 0 Å². The van der Waals surface area contributed by atoms with E-state index in [1.807, 2.05) is 12.1 Å². The van der Waals surface area contributed by atoms with Crippen molar-refractivity contribution in [2.24, 2.45) is 5.41 Å². The quantitative estimate of drug-likeness (QED) is 0.790. The third-order valence-electron chi connectivity index (χ3n) is 4.55. The van der Waals surface area contributed by atoms with E-state index in [2.05, 4.69) is 51.1 Å². The maximum Gasteiger partial charge on any atom is 0.0795 e. The van der Waals surface area contributed by atoms with Gasteiger partial charge in [0.2, 0.25) is 0 Å². The minimum atomic E-state index is -0.366. The summed E-state index contributed by atoms with van der Waals surface area (Å²) in [6.45, 7) is 6.67. The van der Waals surface area contributed by atoms with E-state index in [0.29, 0.717) is 0 Å². The van der Waals surface area contributed by atoms with Crippen LogP contribution in [0.25, 0.3) is 10.8 Å². The van der Waals surface area contributed by atoms with Crippen LogP contribution in [-0.4, -0.2) is 5.11 Å². The van der Waals surface area contributed by atoms with Crippen molar-refractivity contribution < 1.29 is 5.11 Å². The Balaban J connectivity index is 2.24. The van der Waals surface area contributed by atoms with Crippen LogP contribution in [0.15, 0.2) is 42.5 Å². The fraction of sp³-hybridized carbons (Fsp3) is 0.444. The van der Waals surface area contributed by atoms with Gasteiger partial charge in [0.1, 0.15) is 0 Å². The zero-order valence-electron chi connectivity index (χ0n) is 12.2. The summed E-state index contributed by atoms with van der Waals surface area (Å²) >= 11 is 0. The van der Waals surface area contributed by atoms with Gasteiger partial charge in [0.25, 0.3) is 0 Å². The van der Waals surface area contributed by atoms with E-state index in [9.17, 15) is 5.11 Å². The molecule has 0 spiro atoms. The highest BCUT2D eigenvalue weighted by Gasteiger charge is 2.24. The van der Waals surface area contributed by atoms with Crippen molar-refractivity contribution in [3.8, 4) is 0 Å². The first kappa shape index (κ1) is 14.1. The molecule has 19 heavy (non-hydrogen) atoms. The molecule has 0 aromatic heterocycles. The van der Waals surface area contributed by atoms with Gasteiger partial charge < -0.3 is 5.11 Å². The van der Waals surface area contributed by atoms with Crippen molar-refractivity contribution in [1.29, 1.82) is 0 Å². The fourth-order valence-corrected chi connectivity index (χ4v) is 2.54. The topological polar surface area (TPSA) is 20.2 Å². The lowest BCUT2D eigenvalue weighted by atomic mass is 9.78. The Morgan fingerprint density at radius 3 is 2.26 bits per heavy atom. The highest BCUT2D eigenvalue weighted by atomic mass is 16.3. The third-order valence-corrected chi connectivity index (χ3v) is 4.55. The smallest absolute Gasteiger partial charge is 0.0795 e. The molecule has 2 rings (SSSR count). The molecule has 1 N–H and O–H groups in total. The van der Waals surface area contributed by atoms with Crippen LogP contribution in [0.4, 0.5) is 0 Å². The van der Waals surface area contributed by atoms with Crippen molar-refractivity contribution in [1.82, 2.24) is 0 Å². The second-order valence-electron chi connectivity index (χ2n) is 5.84. The first-order valence-corrected chi connectivity index (χ1v) is 7.25. The van der Waals surface area contributed by atoms with Crippen LogP contribution in [-0.2, 0) is 0 Å². The van der Waals surface area contributed by atoms with Crippen LogP contribution in [0.5, 0.6) is 0 Å². The SMILES string of the molecule is CCC(C)(CC)CC(O)c1ccc2ccccc2c1. The van der Waals surface area contributed by atoms with Crippen LogP contribution in [0.2, 0.25) is 0 Å². The van der Waals surface area contributed by atoms with Gasteiger partial charge in [0.05, 0.1) is 6.10 Å². The standard InChI is InChI=1S/C18H24O/c1-4-18(3,5-2)13-17(19)16-11-10-14-8-6-7-9-15(14)12-16/h6-12,17,19H,4-5,13H2,1-3H3. The molecule has 0 saturated heterocycles. The van der Waals surface area contributed by atoms with Gasteiger partial charge in [-0.3, -0.25) is 0 Å². The van der Waals surface area contributed by atoms with Gasteiger partial charge in [-0.2, -0.15) is 0 Å². The predicted molar refractivity (Wildman–Crippen MR) is 82.2 cm³/mol. The highest BCUT2D eigenvalue weighted by Crippen LogP contribution is 2.36. The molecule has 1 heteroatoms. The number of aliphatic hydroxyl groups is 1. The maximum atomic E-state index is 10.5. The van der Waals surface area contributed by atoms with E-state index in [1.165, 1.54) is 10.8 Å². The van der Waals surface area contributed by atoms with Crippen molar-refractivity contribution >= 4 is 10.8 Å². The summed E-state index contributed by atoms with van der Waals surface area (Å²) in [6, 6.07) is 14.6. The number of fused-ring (bicyclic) bond motifs is 1. The van der Waals surface area contributed by atoms with Gasteiger partial charge in [0, 0.05) is 0 Å². The Morgan fingerprint density at radius 1 is 1.00 bits per heavy atom. The molecular weight excluding hydrogens is 232 g/mol. The Morgan fingerprint density at radius 2 is 1.63 bits per heavy atom. The van der Waals surface area contributed by atoms with Crippen LogP contribution >= 0.6 is 0 Å². The zero-order valence-corrected chi connectivity index (χ0v) is 12.2. The summed E-state index contributed by atoms with van der Waals surface area (Å²) in [7, 11) is 0. The molecule has 102 valence electrons. The van der Waals surface area contributed by atoms with Crippen LogP contribution in [0, 0.1) is 5.41 Å². The van der Waals surface area contributed by atoms with Gasteiger partial charge in [-0.15, -0.1) is 0 Å².